The molecule has 1 atom stereocenters. The van der Waals surface area contributed by atoms with Gasteiger partial charge in [-0.2, -0.15) is 0 Å². The molecule has 0 aliphatic carbocycles. The fraction of sp³-hybridized carbons (Fsp3) is 0.750. The van der Waals surface area contributed by atoms with Gasteiger partial charge in [-0.25, -0.2) is 0 Å². The van der Waals surface area contributed by atoms with Crippen LogP contribution < -0.4 is 29.6 Å². The molecule has 0 saturated heterocycles. The number of rotatable bonds is 2. The third-order valence-electron chi connectivity index (χ3n) is 0.407. The van der Waals surface area contributed by atoms with E-state index in [1.54, 1.807) is 0 Å². The minimum atomic E-state index is -1.86. The predicted octanol–water partition coefficient (Wildman–Crippen LogP) is 0.0924. The fourth-order valence-electron chi connectivity index (χ4n) is 0.118. The molecule has 0 aromatic rings. The summed E-state index contributed by atoms with van der Waals surface area (Å²) in [6, 6.07) is 0. The normalized spacial score (nSPS) is 7.72. The number of hydrogen-bond donors (Lipinski definition) is 0. The van der Waals surface area contributed by atoms with Crippen molar-refractivity contribution >= 4 is 63.6 Å². The molecule has 1 unspecified atom stereocenters. The van der Waals surface area contributed by atoms with E-state index in [0.29, 0.717) is 22.2 Å². The molecule has 0 aliphatic heterocycles. The smallest absolute Gasteiger partial charge is 0 e. The molecule has 0 aromatic carbocycles. The Bertz CT molecular complexity index is 161. The summed E-state index contributed by atoms with van der Waals surface area (Å²) in [4.78, 5) is 18.4. The number of carbonyl (C=O) groups excluding carboxylic acids is 2. The standard InChI is InChI=1S/C4H8O.C2H4O.CH4O2S.CH4.2HI.Na.2V/c1-2-3-4-5;1-2-3;1-4(2)3;;;;;;/h4H,2-3H2,1H3;2H,1H3;1H3,(H,2,3);1H4;2*1H;;;/q;;;;;;+1;;+2/p-3/i;1T;;;;;;;. The quantitative estimate of drug-likeness (QED) is 0.198. The molecular weight excluding hydrogens is 571 g/mol. The van der Waals surface area contributed by atoms with E-state index >= 15 is 0 Å². The number of aldehydes is 2. The van der Waals surface area contributed by atoms with E-state index in [-0.39, 0.29) is 62.4 Å². The first-order chi connectivity index (χ1) is 7.47. The Balaban J connectivity index is -0.0000000195. The van der Waals surface area contributed by atoms with E-state index in [2.05, 4.69) is 40.0 Å². The minimum Gasteiger partial charge on any atom is 0 e. The average molecular weight is 592 g/mol. The maximum atomic E-state index is 9.40. The summed E-state index contributed by atoms with van der Waals surface area (Å²) in [6.45, 7) is 1.87. The first-order valence-electron chi connectivity index (χ1n) is 4.28. The molecule has 1 radical (unpaired) electrons. The van der Waals surface area contributed by atoms with E-state index < -0.39 is 11.1 Å². The van der Waals surface area contributed by atoms with E-state index in [4.69, 9.17) is 14.9 Å². The predicted molar refractivity (Wildman–Crippen MR) is 82.3 cm³/mol. The van der Waals surface area contributed by atoms with Crippen LogP contribution in [0.25, 0.3) is 0 Å². The summed E-state index contributed by atoms with van der Waals surface area (Å²) in [7, 11) is 0.628. The molecular formula is C8H19I2NaO4SV2. The van der Waals surface area contributed by atoms with Crippen molar-refractivity contribution in [1.29, 1.82) is 0 Å². The van der Waals surface area contributed by atoms with Crippen molar-refractivity contribution in [1.82, 2.24) is 0 Å². The van der Waals surface area contributed by atoms with Gasteiger partial charge in [-0.3, -0.25) is 4.21 Å². The van der Waals surface area contributed by atoms with Crippen LogP contribution in [0.5, 0.6) is 0 Å². The molecule has 0 spiro atoms. The maximum Gasteiger partial charge on any atom is 1.00 e. The molecule has 10 heteroatoms. The van der Waals surface area contributed by atoms with Crippen LogP contribution in [0.15, 0.2) is 0 Å². The molecule has 18 heavy (non-hydrogen) atoms. The monoisotopic (exact) mass is 592 g/mol. The van der Waals surface area contributed by atoms with Crippen LogP contribution in [0.4, 0.5) is 0 Å². The van der Waals surface area contributed by atoms with Crippen LogP contribution in [-0.2, 0) is 48.7 Å². The van der Waals surface area contributed by atoms with Gasteiger partial charge in [0, 0.05) is 26.3 Å². The third kappa shape index (κ3) is 242. The average Bonchev–Trinajstić information content (AvgIpc) is 2.20. The van der Waals surface area contributed by atoms with Gasteiger partial charge in [0.25, 0.3) is 0 Å². The molecule has 4 nitrogen and oxygen atoms in total. The van der Waals surface area contributed by atoms with Gasteiger partial charge in [0.15, 0.2) is 0 Å². The molecule has 0 fully saturated rings. The van der Waals surface area contributed by atoms with Gasteiger partial charge in [-0.05, 0) is 19.6 Å². The molecule has 0 saturated carbocycles. The van der Waals surface area contributed by atoms with E-state index in [0.717, 1.165) is 19.0 Å². The number of hydrogen-bond acceptors (Lipinski definition) is 4. The molecule has 0 N–H and O–H groups in total. The van der Waals surface area contributed by atoms with Crippen LogP contribution >= 0.6 is 40.0 Å². The molecule has 0 aromatic heterocycles. The second-order valence-corrected chi connectivity index (χ2v) is 14.2. The Labute approximate surface area is 178 Å². The summed E-state index contributed by atoms with van der Waals surface area (Å²) >= 11 is 2.88. The van der Waals surface area contributed by atoms with Crippen molar-refractivity contribution in [3.05, 3.63) is 0 Å². The summed E-state index contributed by atoms with van der Waals surface area (Å²) in [5.74, 6) is 0. The van der Waals surface area contributed by atoms with Crippen molar-refractivity contribution < 1.29 is 77.3 Å². The van der Waals surface area contributed by atoms with Crippen LogP contribution in [0.3, 0.4) is 0 Å². The molecule has 106 valence electrons. The fourth-order valence-corrected chi connectivity index (χ4v) is 0.118. The zero-order valence-corrected chi connectivity index (χ0v) is 19.9. The molecule has 0 amide bonds. The Morgan fingerprint density at radius 3 is 1.67 bits per heavy atom. The van der Waals surface area contributed by atoms with E-state index in [1.807, 2.05) is 6.92 Å². The van der Waals surface area contributed by atoms with Gasteiger partial charge in [0.1, 0.15) is 12.6 Å². The van der Waals surface area contributed by atoms with Crippen LogP contribution in [0.2, 0.25) is 0 Å². The van der Waals surface area contributed by atoms with Crippen molar-refractivity contribution in [2.75, 3.05) is 6.26 Å². The van der Waals surface area contributed by atoms with Crippen molar-refractivity contribution in [3.8, 4) is 0 Å². The van der Waals surface area contributed by atoms with Gasteiger partial charge in [0.2, 0.25) is 0 Å². The molecule has 0 aliphatic rings. The zero-order chi connectivity index (χ0) is 13.8. The summed E-state index contributed by atoms with van der Waals surface area (Å²) < 4.78 is 24.1. The molecule has 0 rings (SSSR count). The van der Waals surface area contributed by atoms with Gasteiger partial charge in [-0.1, -0.05) is 25.4 Å². The second kappa shape index (κ2) is 59.5. The third-order valence-corrected chi connectivity index (χ3v) is 0.407. The topological polar surface area (TPSA) is 74.3 Å². The van der Waals surface area contributed by atoms with Crippen molar-refractivity contribution in [2.24, 2.45) is 0 Å². The number of unbranched alkanes of at least 4 members (excludes halogenated alkanes) is 1. The number of halogens is 2. The van der Waals surface area contributed by atoms with E-state index in [9.17, 15) is 4.79 Å². The second-order valence-electron chi connectivity index (χ2n) is 1.59. The Morgan fingerprint density at radius 1 is 1.44 bits per heavy atom. The summed E-state index contributed by atoms with van der Waals surface area (Å²) in [6.07, 6.45) is 4.24. The van der Waals surface area contributed by atoms with Crippen molar-refractivity contribution in [2.45, 2.75) is 34.1 Å². The molecule has 0 bridgehead atoms. The minimum absolute atomic E-state index is 0. The summed E-state index contributed by atoms with van der Waals surface area (Å²) in [5.41, 5.74) is 0. The van der Waals surface area contributed by atoms with Crippen LogP contribution in [-0.4, -0.2) is 27.6 Å². The Morgan fingerprint density at radius 2 is 1.67 bits per heavy atom. The van der Waals surface area contributed by atoms with Crippen LogP contribution in [0, 0.1) is 0 Å². The maximum absolute atomic E-state index is 9.40. The number of carbonyl (C=O) groups is 2. The SMILES string of the molecule is C.CCCC=O.CS(=O)[O-].[3H]CC=O.[I][V][I].[Na+].[V]. The first-order valence-corrected chi connectivity index (χ1v) is 14.1. The largest absolute Gasteiger partial charge is 1.00 e. The Kier molecular flexibility index (Phi) is 124. The first kappa shape index (κ1) is 37.4. The summed E-state index contributed by atoms with van der Waals surface area (Å²) in [5, 5.41) is 0. The van der Waals surface area contributed by atoms with E-state index in [1.165, 1.54) is 0 Å². The molecule has 0 heterocycles. The van der Waals surface area contributed by atoms with Gasteiger partial charge >= 0.3 is 79.0 Å². The van der Waals surface area contributed by atoms with Gasteiger partial charge in [-0.15, -0.1) is 0 Å². The zero-order valence-electron chi connectivity index (χ0n) is 11.0. The van der Waals surface area contributed by atoms with Gasteiger partial charge in [0.05, 0.1) is 0 Å². The Hall–Kier alpha value is 3.08. The van der Waals surface area contributed by atoms with Gasteiger partial charge < -0.3 is 14.1 Å². The van der Waals surface area contributed by atoms with Crippen LogP contribution in [0.1, 0.15) is 35.5 Å². The van der Waals surface area contributed by atoms with Crippen molar-refractivity contribution in [3.63, 3.8) is 0 Å².